The Hall–Kier alpha value is -1.58. The van der Waals surface area contributed by atoms with Crippen molar-refractivity contribution >= 4 is 15.7 Å². The van der Waals surface area contributed by atoms with Crippen molar-refractivity contribution in [1.29, 1.82) is 5.26 Å². The molecule has 0 bridgehead atoms. The molecule has 0 heterocycles. The lowest BCUT2D eigenvalue weighted by Gasteiger charge is -2.21. The molecule has 0 aliphatic carbocycles. The molecule has 0 atom stereocenters. The van der Waals surface area contributed by atoms with Gasteiger partial charge in [0.15, 0.2) is 0 Å². The molecule has 0 fully saturated rings. The van der Waals surface area contributed by atoms with Gasteiger partial charge in [0.05, 0.1) is 17.3 Å². The fourth-order valence-corrected chi connectivity index (χ4v) is 3.36. The first-order chi connectivity index (χ1) is 8.97. The standard InChI is InChI=1S/C13H19N3O2S/c1-3-5-8-16(4-2)19(17,18)13-7-6-11(10-14)9-12(13)15/h6-7,9H,3-5,8,15H2,1-2H3. The summed E-state index contributed by atoms with van der Waals surface area (Å²) in [7, 11) is -3.58. The van der Waals surface area contributed by atoms with Crippen LogP contribution in [0.25, 0.3) is 0 Å². The first-order valence-electron chi connectivity index (χ1n) is 6.27. The Bertz CT molecular complexity index is 576. The van der Waals surface area contributed by atoms with Gasteiger partial charge in [0, 0.05) is 13.1 Å². The van der Waals surface area contributed by atoms with Gasteiger partial charge in [0.25, 0.3) is 0 Å². The summed E-state index contributed by atoms with van der Waals surface area (Å²) in [5.74, 6) is 0. The van der Waals surface area contributed by atoms with Crippen LogP contribution in [-0.2, 0) is 10.0 Å². The second kappa shape index (κ2) is 6.55. The van der Waals surface area contributed by atoms with Gasteiger partial charge < -0.3 is 5.73 Å². The van der Waals surface area contributed by atoms with E-state index in [-0.39, 0.29) is 10.6 Å². The van der Waals surface area contributed by atoms with Crippen LogP contribution in [0.5, 0.6) is 0 Å². The Morgan fingerprint density at radius 2 is 2.05 bits per heavy atom. The van der Waals surface area contributed by atoms with Crippen molar-refractivity contribution in [3.63, 3.8) is 0 Å². The lowest BCUT2D eigenvalue weighted by atomic mass is 10.2. The number of nitrogen functional groups attached to an aromatic ring is 1. The number of nitrogens with zero attached hydrogens (tertiary/aromatic N) is 2. The Balaban J connectivity index is 3.15. The minimum Gasteiger partial charge on any atom is -0.398 e. The first-order valence-corrected chi connectivity index (χ1v) is 7.71. The SMILES string of the molecule is CCCCN(CC)S(=O)(=O)c1ccc(C#N)cc1N. The molecule has 0 unspecified atom stereocenters. The summed E-state index contributed by atoms with van der Waals surface area (Å²) < 4.78 is 26.3. The number of hydrogen-bond acceptors (Lipinski definition) is 4. The summed E-state index contributed by atoms with van der Waals surface area (Å²) in [5.41, 5.74) is 6.22. The van der Waals surface area contributed by atoms with E-state index in [0.29, 0.717) is 18.7 Å². The third-order valence-corrected chi connectivity index (χ3v) is 4.92. The minimum absolute atomic E-state index is 0.0736. The number of unbranched alkanes of at least 4 members (excludes halogenated alkanes) is 1. The maximum atomic E-state index is 12.5. The van der Waals surface area contributed by atoms with E-state index < -0.39 is 10.0 Å². The molecule has 0 saturated carbocycles. The van der Waals surface area contributed by atoms with E-state index in [4.69, 9.17) is 11.0 Å². The van der Waals surface area contributed by atoms with E-state index >= 15 is 0 Å². The molecule has 1 rings (SSSR count). The molecule has 2 N–H and O–H groups in total. The van der Waals surface area contributed by atoms with Crippen LogP contribution < -0.4 is 5.73 Å². The molecule has 104 valence electrons. The fraction of sp³-hybridized carbons (Fsp3) is 0.462. The molecule has 5 nitrogen and oxygen atoms in total. The van der Waals surface area contributed by atoms with Gasteiger partial charge in [-0.05, 0) is 24.6 Å². The molecule has 0 aliphatic heterocycles. The van der Waals surface area contributed by atoms with E-state index in [1.165, 1.54) is 22.5 Å². The zero-order chi connectivity index (χ0) is 14.5. The lowest BCUT2D eigenvalue weighted by Crippen LogP contribution is -2.32. The minimum atomic E-state index is -3.58. The van der Waals surface area contributed by atoms with Crippen molar-refractivity contribution in [2.24, 2.45) is 0 Å². The van der Waals surface area contributed by atoms with Crippen LogP contribution in [0.2, 0.25) is 0 Å². The van der Waals surface area contributed by atoms with E-state index in [1.54, 1.807) is 6.92 Å². The first kappa shape index (κ1) is 15.5. The highest BCUT2D eigenvalue weighted by molar-refractivity contribution is 7.89. The number of anilines is 1. The van der Waals surface area contributed by atoms with Gasteiger partial charge in [0.2, 0.25) is 10.0 Å². The Morgan fingerprint density at radius 1 is 1.37 bits per heavy atom. The number of nitrogens with two attached hydrogens (primary N) is 1. The van der Waals surface area contributed by atoms with E-state index in [1.807, 2.05) is 13.0 Å². The van der Waals surface area contributed by atoms with Gasteiger partial charge in [-0.2, -0.15) is 9.57 Å². The van der Waals surface area contributed by atoms with Gasteiger partial charge in [-0.1, -0.05) is 20.3 Å². The maximum Gasteiger partial charge on any atom is 0.245 e. The summed E-state index contributed by atoms with van der Waals surface area (Å²) >= 11 is 0. The highest BCUT2D eigenvalue weighted by Crippen LogP contribution is 2.23. The molecule has 0 saturated heterocycles. The van der Waals surface area contributed by atoms with Crippen molar-refractivity contribution in [3.8, 4) is 6.07 Å². The van der Waals surface area contributed by atoms with Crippen LogP contribution in [-0.4, -0.2) is 25.8 Å². The van der Waals surface area contributed by atoms with E-state index in [0.717, 1.165) is 12.8 Å². The van der Waals surface area contributed by atoms with E-state index in [9.17, 15) is 8.42 Å². The smallest absolute Gasteiger partial charge is 0.245 e. The average Bonchev–Trinajstić information content (AvgIpc) is 2.38. The van der Waals surface area contributed by atoms with Crippen molar-refractivity contribution in [3.05, 3.63) is 23.8 Å². The molecule has 6 heteroatoms. The predicted octanol–water partition coefficient (Wildman–Crippen LogP) is 1.95. The average molecular weight is 281 g/mol. The molecule has 1 aromatic rings. The Morgan fingerprint density at radius 3 is 2.53 bits per heavy atom. The number of hydrogen-bond donors (Lipinski definition) is 1. The summed E-state index contributed by atoms with van der Waals surface area (Å²) in [6, 6.07) is 6.19. The molecule has 0 amide bonds. The van der Waals surface area contributed by atoms with Gasteiger partial charge in [-0.25, -0.2) is 8.42 Å². The van der Waals surface area contributed by atoms with Gasteiger partial charge in [0.1, 0.15) is 4.90 Å². The molecule has 0 radical (unpaired) electrons. The number of rotatable bonds is 6. The topological polar surface area (TPSA) is 87.2 Å². The molecular weight excluding hydrogens is 262 g/mol. The highest BCUT2D eigenvalue weighted by atomic mass is 32.2. The normalized spacial score (nSPS) is 11.5. The third kappa shape index (κ3) is 3.46. The van der Waals surface area contributed by atoms with Gasteiger partial charge in [-0.15, -0.1) is 0 Å². The van der Waals surface area contributed by atoms with Crippen molar-refractivity contribution in [1.82, 2.24) is 4.31 Å². The van der Waals surface area contributed by atoms with Crippen LogP contribution in [0, 0.1) is 11.3 Å². The van der Waals surface area contributed by atoms with Crippen LogP contribution in [0.3, 0.4) is 0 Å². The largest absolute Gasteiger partial charge is 0.398 e. The van der Waals surface area contributed by atoms with Crippen molar-refractivity contribution in [2.75, 3.05) is 18.8 Å². The summed E-state index contributed by atoms with van der Waals surface area (Å²) in [4.78, 5) is 0.0736. The van der Waals surface area contributed by atoms with Crippen molar-refractivity contribution in [2.45, 2.75) is 31.6 Å². The van der Waals surface area contributed by atoms with Crippen molar-refractivity contribution < 1.29 is 8.42 Å². The quantitative estimate of drug-likeness (QED) is 0.807. The lowest BCUT2D eigenvalue weighted by molar-refractivity contribution is 0.419. The zero-order valence-corrected chi connectivity index (χ0v) is 12.1. The van der Waals surface area contributed by atoms with Crippen LogP contribution in [0.1, 0.15) is 32.3 Å². The molecular formula is C13H19N3O2S. The summed E-state index contributed by atoms with van der Waals surface area (Å²) in [6.07, 6.45) is 1.73. The van der Waals surface area contributed by atoms with Crippen LogP contribution >= 0.6 is 0 Å². The number of benzene rings is 1. The summed E-state index contributed by atoms with van der Waals surface area (Å²) in [6.45, 7) is 4.69. The molecule has 1 aromatic carbocycles. The predicted molar refractivity (Wildman–Crippen MR) is 74.9 cm³/mol. The molecule has 19 heavy (non-hydrogen) atoms. The molecule has 0 aromatic heterocycles. The number of nitriles is 1. The maximum absolute atomic E-state index is 12.5. The van der Waals surface area contributed by atoms with E-state index in [2.05, 4.69) is 0 Å². The Labute approximate surface area is 114 Å². The summed E-state index contributed by atoms with van der Waals surface area (Å²) in [5, 5.41) is 8.76. The second-order valence-electron chi connectivity index (χ2n) is 4.21. The van der Waals surface area contributed by atoms with Gasteiger partial charge in [-0.3, -0.25) is 0 Å². The second-order valence-corrected chi connectivity index (χ2v) is 6.12. The van der Waals surface area contributed by atoms with Crippen LogP contribution in [0.4, 0.5) is 5.69 Å². The fourth-order valence-electron chi connectivity index (χ4n) is 1.77. The van der Waals surface area contributed by atoms with Gasteiger partial charge >= 0.3 is 0 Å². The zero-order valence-electron chi connectivity index (χ0n) is 11.3. The molecule has 0 aliphatic rings. The highest BCUT2D eigenvalue weighted by Gasteiger charge is 2.24. The monoisotopic (exact) mass is 281 g/mol. The molecule has 0 spiro atoms. The third-order valence-electron chi connectivity index (χ3n) is 2.87. The Kier molecular flexibility index (Phi) is 5.33. The van der Waals surface area contributed by atoms with Crippen LogP contribution in [0.15, 0.2) is 23.1 Å². The number of sulfonamides is 1.